The zero-order valence-corrected chi connectivity index (χ0v) is 12.5. The second kappa shape index (κ2) is 5.39. The van der Waals surface area contributed by atoms with Gasteiger partial charge in [0.05, 0.1) is 0 Å². The van der Waals surface area contributed by atoms with E-state index in [0.717, 1.165) is 48.4 Å². The molecule has 1 heterocycles. The maximum Gasteiger partial charge on any atom is 0.227 e. The van der Waals surface area contributed by atoms with Crippen molar-refractivity contribution in [1.29, 1.82) is 0 Å². The predicted molar refractivity (Wildman–Crippen MR) is 84.5 cm³/mol. The molecule has 2 fully saturated rings. The number of fused-ring (bicyclic) bond motifs is 1. The average Bonchev–Trinajstić information content (AvgIpc) is 3.27. The number of nitrogens with two attached hydrogens (primary N) is 1. The molecular formula is C17H21N3O2. The number of oxazole rings is 1. The fraction of sp³-hybridized carbons (Fsp3) is 0.529. The van der Waals surface area contributed by atoms with Crippen molar-refractivity contribution < 1.29 is 9.21 Å². The van der Waals surface area contributed by atoms with Gasteiger partial charge in [-0.3, -0.25) is 4.79 Å². The van der Waals surface area contributed by atoms with Crippen molar-refractivity contribution in [2.45, 2.75) is 50.5 Å². The van der Waals surface area contributed by atoms with E-state index in [0.29, 0.717) is 5.92 Å². The number of anilines is 1. The van der Waals surface area contributed by atoms with Crippen molar-refractivity contribution >= 4 is 22.7 Å². The molecule has 4 rings (SSSR count). The van der Waals surface area contributed by atoms with Gasteiger partial charge in [0.15, 0.2) is 11.5 Å². The topological polar surface area (TPSA) is 81.2 Å². The highest BCUT2D eigenvalue weighted by atomic mass is 16.3. The number of benzene rings is 1. The third kappa shape index (κ3) is 2.73. The molecule has 2 saturated carbocycles. The monoisotopic (exact) mass is 299 g/mol. The normalized spacial score (nSPS) is 25.3. The third-order valence-electron chi connectivity index (χ3n) is 4.68. The van der Waals surface area contributed by atoms with Crippen molar-refractivity contribution in [3.63, 3.8) is 0 Å². The van der Waals surface area contributed by atoms with Crippen LogP contribution in [0.2, 0.25) is 0 Å². The number of aromatic nitrogens is 1. The first-order valence-electron chi connectivity index (χ1n) is 8.16. The van der Waals surface area contributed by atoms with Gasteiger partial charge in [0.1, 0.15) is 5.52 Å². The van der Waals surface area contributed by atoms with E-state index in [1.54, 1.807) is 0 Å². The summed E-state index contributed by atoms with van der Waals surface area (Å²) in [5.41, 5.74) is 8.36. The van der Waals surface area contributed by atoms with Crippen LogP contribution in [0.15, 0.2) is 22.6 Å². The highest BCUT2D eigenvalue weighted by Crippen LogP contribution is 2.40. The van der Waals surface area contributed by atoms with Crippen LogP contribution in [0, 0.1) is 5.92 Å². The van der Waals surface area contributed by atoms with Gasteiger partial charge in [-0.05, 0) is 50.3 Å². The molecule has 3 N–H and O–H groups in total. The Bertz CT molecular complexity index is 705. The van der Waals surface area contributed by atoms with E-state index < -0.39 is 0 Å². The standard InChI is InChI=1S/C17H21N3O2/c18-12-3-1-2-11(8-12)16(21)19-13-6-7-15-14(9-13)20-17(22-15)10-4-5-10/h6-7,9-12H,1-5,8,18H2,(H,19,21). The minimum atomic E-state index is 0.0266. The second-order valence-electron chi connectivity index (χ2n) is 6.62. The molecule has 1 aromatic heterocycles. The molecule has 2 aliphatic rings. The Hall–Kier alpha value is -1.88. The fourth-order valence-corrected chi connectivity index (χ4v) is 3.24. The summed E-state index contributed by atoms with van der Waals surface area (Å²) >= 11 is 0. The summed E-state index contributed by atoms with van der Waals surface area (Å²) in [4.78, 5) is 16.9. The Morgan fingerprint density at radius 2 is 2.14 bits per heavy atom. The number of carbonyl (C=O) groups is 1. The van der Waals surface area contributed by atoms with Crippen molar-refractivity contribution in [3.05, 3.63) is 24.1 Å². The Morgan fingerprint density at radius 1 is 1.27 bits per heavy atom. The van der Waals surface area contributed by atoms with Crippen molar-refractivity contribution in [2.24, 2.45) is 11.7 Å². The number of nitrogens with zero attached hydrogens (tertiary/aromatic N) is 1. The lowest BCUT2D eigenvalue weighted by molar-refractivity contribution is -0.120. The zero-order valence-electron chi connectivity index (χ0n) is 12.5. The number of amides is 1. The van der Waals surface area contributed by atoms with Gasteiger partial charge in [-0.25, -0.2) is 4.98 Å². The van der Waals surface area contributed by atoms with Crippen LogP contribution in [0.3, 0.4) is 0 Å². The molecule has 1 amide bonds. The van der Waals surface area contributed by atoms with E-state index >= 15 is 0 Å². The number of hydrogen-bond donors (Lipinski definition) is 2. The van der Waals surface area contributed by atoms with Crippen LogP contribution >= 0.6 is 0 Å². The van der Waals surface area contributed by atoms with Crippen LogP contribution in [-0.4, -0.2) is 16.9 Å². The number of nitrogens with one attached hydrogen (secondary N) is 1. The molecule has 2 aromatic rings. The molecule has 0 radical (unpaired) electrons. The van der Waals surface area contributed by atoms with Gasteiger partial charge in [-0.15, -0.1) is 0 Å². The van der Waals surface area contributed by atoms with E-state index in [-0.39, 0.29) is 17.9 Å². The van der Waals surface area contributed by atoms with Crippen molar-refractivity contribution in [2.75, 3.05) is 5.32 Å². The van der Waals surface area contributed by atoms with Crippen molar-refractivity contribution in [1.82, 2.24) is 4.98 Å². The van der Waals surface area contributed by atoms with Crippen LogP contribution < -0.4 is 11.1 Å². The van der Waals surface area contributed by atoms with Crippen LogP contribution in [0.25, 0.3) is 11.1 Å². The molecule has 2 aliphatic carbocycles. The zero-order chi connectivity index (χ0) is 15.1. The lowest BCUT2D eigenvalue weighted by Gasteiger charge is -2.25. The first-order chi connectivity index (χ1) is 10.7. The van der Waals surface area contributed by atoms with Crippen molar-refractivity contribution in [3.8, 4) is 0 Å². The van der Waals surface area contributed by atoms with E-state index in [1.807, 2.05) is 18.2 Å². The summed E-state index contributed by atoms with van der Waals surface area (Å²) in [6.07, 6.45) is 6.10. The van der Waals surface area contributed by atoms with Crippen LogP contribution in [0.1, 0.15) is 50.3 Å². The van der Waals surface area contributed by atoms with Gasteiger partial charge < -0.3 is 15.5 Å². The van der Waals surface area contributed by atoms with Gasteiger partial charge in [0.25, 0.3) is 0 Å². The SMILES string of the molecule is NC1CCCC(C(=O)Nc2ccc3oc(C4CC4)nc3c2)C1. The highest BCUT2D eigenvalue weighted by Gasteiger charge is 2.29. The summed E-state index contributed by atoms with van der Waals surface area (Å²) in [5, 5.41) is 3.00. The number of hydrogen-bond acceptors (Lipinski definition) is 4. The Kier molecular flexibility index (Phi) is 3.37. The molecule has 0 saturated heterocycles. The van der Waals surface area contributed by atoms with Gasteiger partial charge in [0.2, 0.25) is 5.91 Å². The van der Waals surface area contributed by atoms with Crippen LogP contribution in [0.5, 0.6) is 0 Å². The molecule has 0 spiro atoms. The molecule has 2 atom stereocenters. The lowest BCUT2D eigenvalue weighted by Crippen LogP contribution is -2.34. The molecule has 0 aliphatic heterocycles. The quantitative estimate of drug-likeness (QED) is 0.912. The van der Waals surface area contributed by atoms with Gasteiger partial charge in [-0.2, -0.15) is 0 Å². The molecular weight excluding hydrogens is 278 g/mol. The second-order valence-corrected chi connectivity index (χ2v) is 6.62. The van der Waals surface area contributed by atoms with E-state index in [4.69, 9.17) is 10.2 Å². The van der Waals surface area contributed by atoms with Crippen LogP contribution in [-0.2, 0) is 4.79 Å². The first-order valence-corrected chi connectivity index (χ1v) is 8.16. The molecule has 1 aromatic carbocycles. The van der Waals surface area contributed by atoms with Gasteiger partial charge >= 0.3 is 0 Å². The maximum atomic E-state index is 12.4. The predicted octanol–water partition coefficient (Wildman–Crippen LogP) is 3.16. The molecule has 0 bridgehead atoms. The Balaban J connectivity index is 1.49. The van der Waals surface area contributed by atoms with Gasteiger partial charge in [0, 0.05) is 23.6 Å². The molecule has 2 unspecified atom stereocenters. The van der Waals surface area contributed by atoms with E-state index in [2.05, 4.69) is 10.3 Å². The lowest BCUT2D eigenvalue weighted by atomic mass is 9.85. The molecule has 5 heteroatoms. The van der Waals surface area contributed by atoms with E-state index in [1.165, 1.54) is 12.8 Å². The maximum absolute atomic E-state index is 12.4. The minimum absolute atomic E-state index is 0.0266. The third-order valence-corrected chi connectivity index (χ3v) is 4.68. The Labute approximate surface area is 129 Å². The summed E-state index contributed by atoms with van der Waals surface area (Å²) in [6.45, 7) is 0. The molecule has 22 heavy (non-hydrogen) atoms. The minimum Gasteiger partial charge on any atom is -0.440 e. The smallest absolute Gasteiger partial charge is 0.227 e. The van der Waals surface area contributed by atoms with E-state index in [9.17, 15) is 4.79 Å². The number of carbonyl (C=O) groups excluding carboxylic acids is 1. The summed E-state index contributed by atoms with van der Waals surface area (Å²) < 4.78 is 5.74. The first kappa shape index (κ1) is 13.8. The summed E-state index contributed by atoms with van der Waals surface area (Å²) in [6, 6.07) is 5.82. The van der Waals surface area contributed by atoms with Crippen LogP contribution in [0.4, 0.5) is 5.69 Å². The molecule has 116 valence electrons. The summed E-state index contributed by atoms with van der Waals surface area (Å²) in [5.74, 6) is 1.42. The fourth-order valence-electron chi connectivity index (χ4n) is 3.24. The Morgan fingerprint density at radius 3 is 2.91 bits per heavy atom. The molecule has 5 nitrogen and oxygen atoms in total. The van der Waals surface area contributed by atoms with Gasteiger partial charge in [-0.1, -0.05) is 6.42 Å². The largest absolute Gasteiger partial charge is 0.440 e. The highest BCUT2D eigenvalue weighted by molar-refractivity contribution is 5.94. The average molecular weight is 299 g/mol. The number of rotatable bonds is 3. The summed E-state index contributed by atoms with van der Waals surface area (Å²) in [7, 11) is 0.